The Morgan fingerprint density at radius 3 is 2.25 bits per heavy atom. The minimum absolute atomic E-state index is 0.130. The summed E-state index contributed by atoms with van der Waals surface area (Å²) in [6, 6.07) is 0. The molecule has 2 heteroatoms. The van der Waals surface area contributed by atoms with Crippen LogP contribution in [0.5, 0.6) is 0 Å². The molecule has 0 amide bonds. The molecular weight excluding hydrogens is 68.1 g/mol. The van der Waals surface area contributed by atoms with Gasteiger partial charge in [-0.2, -0.15) is 0 Å². The molecule has 0 aromatic carbocycles. The van der Waals surface area contributed by atoms with Gasteiger partial charge in [0.2, 0.25) is 9.04 Å². The van der Waals surface area contributed by atoms with Crippen LogP contribution < -0.4 is 0 Å². The van der Waals surface area contributed by atoms with Crippen molar-refractivity contribution in [3.63, 3.8) is 0 Å². The maximum atomic E-state index is 4.81. The van der Waals surface area contributed by atoms with Gasteiger partial charge in [0.25, 0.3) is 0 Å². The van der Waals surface area contributed by atoms with Gasteiger partial charge in [0.05, 0.1) is 6.23 Å². The van der Waals surface area contributed by atoms with E-state index in [1.54, 1.807) is 0 Å². The van der Waals surface area contributed by atoms with E-state index in [4.69, 9.17) is 4.43 Å². The van der Waals surface area contributed by atoms with Crippen molar-refractivity contribution in [1.82, 2.24) is 0 Å². The van der Waals surface area contributed by atoms with Crippen LogP contribution in [0.3, 0.4) is 0 Å². The van der Waals surface area contributed by atoms with E-state index in [2.05, 4.69) is 6.55 Å². The molecule has 1 aliphatic heterocycles. The normalized spacial score (nSPS) is 26.2. The fourth-order valence-corrected chi connectivity index (χ4v) is 0.650. The van der Waals surface area contributed by atoms with Gasteiger partial charge in [-0.3, -0.25) is 0 Å². The van der Waals surface area contributed by atoms with Gasteiger partial charge in [-0.05, 0) is 6.55 Å². The van der Waals surface area contributed by atoms with Crippen molar-refractivity contribution in [1.29, 1.82) is 0 Å². The molecule has 4 heavy (non-hydrogen) atoms. The zero-order valence-corrected chi connectivity index (χ0v) is 3.62. The molecule has 1 nitrogen and oxygen atoms in total. The summed E-state index contributed by atoms with van der Waals surface area (Å²) >= 11 is 0. The van der Waals surface area contributed by atoms with Crippen molar-refractivity contribution in [2.45, 2.75) is 6.55 Å². The maximum absolute atomic E-state index is 4.81. The Kier molecular flexibility index (Phi) is 0.339. The molecular formula is C2H5OSi. The highest BCUT2D eigenvalue weighted by Crippen LogP contribution is 1.98. The number of hydrogen-bond acceptors (Lipinski definition) is 1. The Bertz CT molecular complexity index is 25.2. The second kappa shape index (κ2) is 0.562. The Morgan fingerprint density at radius 1 is 2.00 bits per heavy atom. The largest absolute Gasteiger partial charge is 0.415 e. The van der Waals surface area contributed by atoms with E-state index in [-0.39, 0.29) is 9.04 Å². The molecule has 0 saturated carbocycles. The quantitative estimate of drug-likeness (QED) is 0.294. The Labute approximate surface area is 27.3 Å². The highest BCUT2D eigenvalue weighted by atomic mass is 28.3. The molecule has 0 aromatic rings. The summed E-state index contributed by atoms with van der Waals surface area (Å²) < 4.78 is 4.81. The van der Waals surface area contributed by atoms with Crippen LogP contribution in [0.25, 0.3) is 0 Å². The Morgan fingerprint density at radius 2 is 2.25 bits per heavy atom. The lowest BCUT2D eigenvalue weighted by molar-refractivity contribution is 0.560. The van der Waals surface area contributed by atoms with Crippen LogP contribution in [0, 0.1) is 0 Å². The van der Waals surface area contributed by atoms with Crippen molar-refractivity contribution >= 4 is 9.04 Å². The summed E-state index contributed by atoms with van der Waals surface area (Å²) in [6.07, 6.45) is 1.09. The third-order valence-corrected chi connectivity index (χ3v) is 1.30. The molecule has 23 valence electrons. The lowest BCUT2D eigenvalue weighted by Crippen LogP contribution is -1.69. The zero-order valence-electron chi connectivity index (χ0n) is 2.62. The standard InChI is InChI=1S/C2H5OSi/c1-4-2-3-4/h2H2,1H3. The van der Waals surface area contributed by atoms with E-state index in [9.17, 15) is 0 Å². The molecule has 1 fully saturated rings. The van der Waals surface area contributed by atoms with Crippen LogP contribution in [0.2, 0.25) is 6.55 Å². The second-order valence-electron chi connectivity index (χ2n) is 0.991. The summed E-state index contributed by atoms with van der Waals surface area (Å²) in [5.41, 5.74) is 0. The first-order chi connectivity index (χ1) is 1.89. The van der Waals surface area contributed by atoms with Crippen molar-refractivity contribution in [3.8, 4) is 0 Å². The molecule has 1 radical (unpaired) electrons. The van der Waals surface area contributed by atoms with E-state index < -0.39 is 0 Å². The van der Waals surface area contributed by atoms with Gasteiger partial charge in [-0.15, -0.1) is 0 Å². The molecule has 0 bridgehead atoms. The van der Waals surface area contributed by atoms with Gasteiger partial charge in [-0.1, -0.05) is 0 Å². The molecule has 0 aromatic heterocycles. The fraction of sp³-hybridized carbons (Fsp3) is 1.00. The monoisotopic (exact) mass is 73.0 g/mol. The molecule has 1 aliphatic rings. The van der Waals surface area contributed by atoms with Crippen molar-refractivity contribution in [3.05, 3.63) is 0 Å². The third kappa shape index (κ3) is 0.299. The van der Waals surface area contributed by atoms with E-state index in [1.807, 2.05) is 0 Å². The molecule has 1 rings (SSSR count). The van der Waals surface area contributed by atoms with Gasteiger partial charge >= 0.3 is 0 Å². The van der Waals surface area contributed by atoms with Crippen molar-refractivity contribution in [2.75, 3.05) is 6.23 Å². The van der Waals surface area contributed by atoms with E-state index in [0.29, 0.717) is 0 Å². The minimum Gasteiger partial charge on any atom is -0.415 e. The minimum atomic E-state index is -0.130. The molecule has 0 spiro atoms. The second-order valence-corrected chi connectivity index (χ2v) is 2.97. The van der Waals surface area contributed by atoms with Gasteiger partial charge in [-0.25, -0.2) is 0 Å². The van der Waals surface area contributed by atoms with E-state index >= 15 is 0 Å². The van der Waals surface area contributed by atoms with Crippen LogP contribution in [-0.4, -0.2) is 15.3 Å². The van der Waals surface area contributed by atoms with Gasteiger partial charge in [0.1, 0.15) is 0 Å². The Balaban J connectivity index is 2.17. The van der Waals surface area contributed by atoms with Crippen LogP contribution >= 0.6 is 0 Å². The first kappa shape index (κ1) is 2.42. The average molecular weight is 73.1 g/mol. The van der Waals surface area contributed by atoms with Crippen LogP contribution in [0.4, 0.5) is 0 Å². The molecule has 0 atom stereocenters. The van der Waals surface area contributed by atoms with Crippen molar-refractivity contribution < 1.29 is 4.43 Å². The van der Waals surface area contributed by atoms with Gasteiger partial charge in [0, 0.05) is 0 Å². The van der Waals surface area contributed by atoms with Gasteiger partial charge < -0.3 is 4.43 Å². The highest BCUT2D eigenvalue weighted by Gasteiger charge is 2.18. The molecule has 0 aliphatic carbocycles. The van der Waals surface area contributed by atoms with Gasteiger partial charge in [0.15, 0.2) is 0 Å². The van der Waals surface area contributed by atoms with Crippen LogP contribution in [0.15, 0.2) is 0 Å². The lowest BCUT2D eigenvalue weighted by atomic mass is 11.7. The molecule has 0 unspecified atom stereocenters. The van der Waals surface area contributed by atoms with Crippen LogP contribution in [-0.2, 0) is 4.43 Å². The van der Waals surface area contributed by atoms with E-state index in [1.165, 1.54) is 0 Å². The summed E-state index contributed by atoms with van der Waals surface area (Å²) in [5.74, 6) is 0. The summed E-state index contributed by atoms with van der Waals surface area (Å²) in [7, 11) is -0.130. The van der Waals surface area contributed by atoms with Crippen LogP contribution in [0.1, 0.15) is 0 Å². The fourth-order valence-electron chi connectivity index (χ4n) is 0.0722. The number of hydrogen-bond donors (Lipinski definition) is 0. The average Bonchev–Trinajstić information content (AvgIpc) is 1.75. The lowest BCUT2D eigenvalue weighted by Gasteiger charge is -1.45. The summed E-state index contributed by atoms with van der Waals surface area (Å²) in [4.78, 5) is 0. The first-order valence-electron chi connectivity index (χ1n) is 1.35. The van der Waals surface area contributed by atoms with Crippen molar-refractivity contribution in [2.24, 2.45) is 0 Å². The SMILES string of the molecule is C[Si]1CO1. The highest BCUT2D eigenvalue weighted by molar-refractivity contribution is 6.58. The molecule has 0 N–H and O–H groups in total. The first-order valence-corrected chi connectivity index (χ1v) is 3.46. The summed E-state index contributed by atoms with van der Waals surface area (Å²) in [6.45, 7) is 2.16. The molecule has 1 saturated heterocycles. The number of rotatable bonds is 0. The zero-order chi connectivity index (χ0) is 2.99. The smallest absolute Gasteiger partial charge is 0.233 e. The topological polar surface area (TPSA) is 12.5 Å². The predicted octanol–water partition coefficient (Wildman–Crippen LogP) is 0.177. The van der Waals surface area contributed by atoms with E-state index in [0.717, 1.165) is 6.23 Å². The molecule has 1 heterocycles. The maximum Gasteiger partial charge on any atom is 0.233 e. The predicted molar refractivity (Wildman–Crippen MR) is 17.6 cm³/mol. The summed E-state index contributed by atoms with van der Waals surface area (Å²) in [5, 5.41) is 0. The third-order valence-electron chi connectivity index (χ3n) is 0.433. The Hall–Kier alpha value is 0.177.